The van der Waals surface area contributed by atoms with Crippen LogP contribution >= 0.6 is 0 Å². The average Bonchev–Trinajstić information content (AvgIpc) is 2.76. The number of carbonyl (C=O) groups excluding carboxylic acids is 1. The van der Waals surface area contributed by atoms with E-state index >= 15 is 0 Å². The fourth-order valence-corrected chi connectivity index (χ4v) is 3.23. The number of ether oxygens (including phenoxy) is 1. The molecule has 0 spiro atoms. The molecule has 0 saturated carbocycles. The molecular formula is C23H24N4O2. The zero-order valence-electron chi connectivity index (χ0n) is 16.4. The molecule has 0 bridgehead atoms. The average molecular weight is 388 g/mol. The minimum absolute atomic E-state index is 0.224. The van der Waals surface area contributed by atoms with Crippen molar-refractivity contribution in [2.24, 2.45) is 0 Å². The number of nitrogens with zero attached hydrogens (tertiary/aromatic N) is 3. The summed E-state index contributed by atoms with van der Waals surface area (Å²) in [6, 6.07) is 20.7. The first-order chi connectivity index (χ1) is 14.2. The highest BCUT2D eigenvalue weighted by Gasteiger charge is 2.16. The molecule has 148 valence electrons. The third-order valence-electron chi connectivity index (χ3n) is 4.94. The molecule has 0 unspecified atom stereocenters. The van der Waals surface area contributed by atoms with Gasteiger partial charge < -0.3 is 19.9 Å². The Hall–Kier alpha value is -3.38. The smallest absolute Gasteiger partial charge is 0.274 e. The molecule has 1 saturated heterocycles. The van der Waals surface area contributed by atoms with Gasteiger partial charge in [-0.15, -0.1) is 0 Å². The summed E-state index contributed by atoms with van der Waals surface area (Å²) < 4.78 is 5.78. The number of hydrogen-bond acceptors (Lipinski definition) is 5. The lowest BCUT2D eigenvalue weighted by molar-refractivity contribution is 0.102. The van der Waals surface area contributed by atoms with Gasteiger partial charge in [-0.2, -0.15) is 0 Å². The Kier molecular flexibility index (Phi) is 5.72. The highest BCUT2D eigenvalue weighted by Crippen LogP contribution is 2.23. The Morgan fingerprint density at radius 3 is 2.34 bits per heavy atom. The number of para-hydroxylation sites is 1. The molecule has 6 nitrogen and oxygen atoms in total. The number of anilines is 2. The summed E-state index contributed by atoms with van der Waals surface area (Å²) in [6.07, 6.45) is 1.69. The third-order valence-corrected chi connectivity index (χ3v) is 4.94. The van der Waals surface area contributed by atoms with Crippen molar-refractivity contribution in [2.75, 3.05) is 43.4 Å². The number of nitrogens with one attached hydrogen (secondary N) is 1. The molecule has 1 aliphatic rings. The van der Waals surface area contributed by atoms with Crippen LogP contribution in [0.2, 0.25) is 0 Å². The number of carbonyl (C=O) groups is 1. The van der Waals surface area contributed by atoms with Crippen LogP contribution in [-0.2, 0) is 0 Å². The molecule has 1 aromatic heterocycles. The van der Waals surface area contributed by atoms with Crippen LogP contribution in [0.3, 0.4) is 0 Å². The SMILES string of the molecule is CN1CCN(c2ccnc(C(=O)Nc3ccc(Oc4ccccc4)cc3)c2)CC1. The van der Waals surface area contributed by atoms with Gasteiger partial charge in [0, 0.05) is 43.8 Å². The highest BCUT2D eigenvalue weighted by atomic mass is 16.5. The van der Waals surface area contributed by atoms with Crippen molar-refractivity contribution in [1.82, 2.24) is 9.88 Å². The molecular weight excluding hydrogens is 364 g/mol. The highest BCUT2D eigenvalue weighted by molar-refractivity contribution is 6.03. The van der Waals surface area contributed by atoms with Gasteiger partial charge in [-0.1, -0.05) is 18.2 Å². The van der Waals surface area contributed by atoms with Crippen LogP contribution in [0.1, 0.15) is 10.5 Å². The van der Waals surface area contributed by atoms with E-state index in [2.05, 4.69) is 27.1 Å². The van der Waals surface area contributed by atoms with E-state index in [4.69, 9.17) is 4.74 Å². The fourth-order valence-electron chi connectivity index (χ4n) is 3.23. The predicted molar refractivity (Wildman–Crippen MR) is 115 cm³/mol. The molecule has 2 aromatic carbocycles. The summed E-state index contributed by atoms with van der Waals surface area (Å²) in [4.78, 5) is 21.5. The van der Waals surface area contributed by atoms with Gasteiger partial charge in [0.1, 0.15) is 17.2 Å². The molecule has 0 aliphatic carbocycles. The van der Waals surface area contributed by atoms with E-state index in [-0.39, 0.29) is 5.91 Å². The monoisotopic (exact) mass is 388 g/mol. The maximum absolute atomic E-state index is 12.6. The molecule has 1 aliphatic heterocycles. The van der Waals surface area contributed by atoms with Crippen molar-refractivity contribution in [2.45, 2.75) is 0 Å². The number of likely N-dealkylation sites (N-methyl/N-ethyl adjacent to an activating group) is 1. The quantitative estimate of drug-likeness (QED) is 0.719. The van der Waals surface area contributed by atoms with Gasteiger partial charge in [0.15, 0.2) is 0 Å². The molecule has 1 N–H and O–H groups in total. The maximum Gasteiger partial charge on any atom is 0.274 e. The van der Waals surface area contributed by atoms with Crippen LogP contribution in [0.15, 0.2) is 72.9 Å². The van der Waals surface area contributed by atoms with Crippen molar-refractivity contribution in [3.05, 3.63) is 78.6 Å². The Bertz CT molecular complexity index is 952. The van der Waals surface area contributed by atoms with Crippen molar-refractivity contribution in [1.29, 1.82) is 0 Å². The van der Waals surface area contributed by atoms with Gasteiger partial charge in [0.25, 0.3) is 5.91 Å². The number of benzene rings is 2. The second-order valence-electron chi connectivity index (χ2n) is 7.08. The summed E-state index contributed by atoms with van der Waals surface area (Å²) in [5, 5.41) is 2.90. The van der Waals surface area contributed by atoms with Crippen LogP contribution in [0, 0.1) is 0 Å². The number of rotatable bonds is 5. The van der Waals surface area contributed by atoms with Crippen molar-refractivity contribution >= 4 is 17.3 Å². The van der Waals surface area contributed by atoms with E-state index in [0.29, 0.717) is 17.1 Å². The van der Waals surface area contributed by atoms with Crippen LogP contribution in [0.5, 0.6) is 11.5 Å². The lowest BCUT2D eigenvalue weighted by Gasteiger charge is -2.34. The molecule has 0 radical (unpaired) electrons. The number of hydrogen-bond donors (Lipinski definition) is 1. The fraction of sp³-hybridized carbons (Fsp3) is 0.217. The zero-order chi connectivity index (χ0) is 20.1. The first-order valence-corrected chi connectivity index (χ1v) is 9.71. The van der Waals surface area contributed by atoms with Crippen LogP contribution in [0.25, 0.3) is 0 Å². The Morgan fingerprint density at radius 2 is 1.62 bits per heavy atom. The predicted octanol–water partition coefficient (Wildman–Crippen LogP) is 3.88. The summed E-state index contributed by atoms with van der Waals surface area (Å²) in [7, 11) is 2.12. The van der Waals surface area contributed by atoms with E-state index in [9.17, 15) is 4.79 Å². The molecule has 0 atom stereocenters. The van der Waals surface area contributed by atoms with E-state index in [1.807, 2.05) is 66.7 Å². The van der Waals surface area contributed by atoms with Crippen LogP contribution in [0.4, 0.5) is 11.4 Å². The molecule has 2 heterocycles. The van der Waals surface area contributed by atoms with Gasteiger partial charge in [0.2, 0.25) is 0 Å². The number of aromatic nitrogens is 1. The lowest BCUT2D eigenvalue weighted by atomic mass is 10.2. The van der Waals surface area contributed by atoms with Crippen LogP contribution < -0.4 is 15.0 Å². The molecule has 4 rings (SSSR count). The third kappa shape index (κ3) is 4.92. The second kappa shape index (κ2) is 8.75. The second-order valence-corrected chi connectivity index (χ2v) is 7.08. The molecule has 29 heavy (non-hydrogen) atoms. The summed E-state index contributed by atoms with van der Waals surface area (Å²) in [5.41, 5.74) is 2.14. The number of pyridine rings is 1. The van der Waals surface area contributed by atoms with Gasteiger partial charge >= 0.3 is 0 Å². The van der Waals surface area contributed by atoms with Gasteiger partial charge in [-0.3, -0.25) is 9.78 Å². The minimum Gasteiger partial charge on any atom is -0.457 e. The Labute approximate surface area is 170 Å². The van der Waals surface area contributed by atoms with Crippen molar-refractivity contribution in [3.8, 4) is 11.5 Å². The Balaban J connectivity index is 1.39. The standard InChI is InChI=1S/C23H24N4O2/c1-26-13-15-27(16-14-26)19-11-12-24-22(17-19)23(28)25-18-7-9-21(10-8-18)29-20-5-3-2-4-6-20/h2-12,17H,13-16H2,1H3,(H,25,28). The largest absolute Gasteiger partial charge is 0.457 e. The minimum atomic E-state index is -0.224. The van der Waals surface area contributed by atoms with Crippen molar-refractivity contribution < 1.29 is 9.53 Å². The topological polar surface area (TPSA) is 57.7 Å². The molecule has 1 amide bonds. The summed E-state index contributed by atoms with van der Waals surface area (Å²) in [5.74, 6) is 1.26. The van der Waals surface area contributed by atoms with Gasteiger partial charge in [0.05, 0.1) is 0 Å². The van der Waals surface area contributed by atoms with E-state index < -0.39 is 0 Å². The first kappa shape index (κ1) is 19.0. The van der Waals surface area contributed by atoms with Gasteiger partial charge in [-0.25, -0.2) is 0 Å². The summed E-state index contributed by atoms with van der Waals surface area (Å²) in [6.45, 7) is 3.93. The first-order valence-electron chi connectivity index (χ1n) is 9.71. The normalized spacial score (nSPS) is 14.4. The van der Waals surface area contributed by atoms with E-state index in [1.54, 1.807) is 6.20 Å². The molecule has 6 heteroatoms. The lowest BCUT2D eigenvalue weighted by Crippen LogP contribution is -2.44. The molecule has 3 aromatic rings. The summed E-state index contributed by atoms with van der Waals surface area (Å²) >= 11 is 0. The zero-order valence-corrected chi connectivity index (χ0v) is 16.4. The maximum atomic E-state index is 12.6. The number of piperazine rings is 1. The molecule has 1 fully saturated rings. The van der Waals surface area contributed by atoms with E-state index in [1.165, 1.54) is 0 Å². The van der Waals surface area contributed by atoms with Crippen molar-refractivity contribution in [3.63, 3.8) is 0 Å². The van der Waals surface area contributed by atoms with Gasteiger partial charge in [-0.05, 0) is 55.6 Å². The Morgan fingerprint density at radius 1 is 0.931 bits per heavy atom. The van der Waals surface area contributed by atoms with Crippen LogP contribution in [-0.4, -0.2) is 49.0 Å². The number of amides is 1. The van der Waals surface area contributed by atoms with E-state index in [0.717, 1.165) is 37.6 Å².